The Kier molecular flexibility index (Phi) is 3.68. The first-order valence-corrected chi connectivity index (χ1v) is 4.86. The molecule has 2 N–H and O–H groups in total. The molecule has 0 spiro atoms. The number of ether oxygens (including phenoxy) is 1. The topological polar surface area (TPSA) is 61.0 Å². The zero-order valence-corrected chi connectivity index (χ0v) is 9.00. The Morgan fingerprint density at radius 1 is 1.36 bits per heavy atom. The summed E-state index contributed by atoms with van der Waals surface area (Å²) in [6.07, 6.45) is 3.21. The molecule has 1 aromatic rings. The molecule has 0 aliphatic rings. The molecule has 0 atom stereocenters. The largest absolute Gasteiger partial charge is 0.481 e. The number of hydrogen-bond donors (Lipinski definition) is 1. The molecule has 0 radical (unpaired) electrons. The SMILES string of the molecule is CCCCc1c(C)nc(N)nc1OC. The number of nitrogen functional groups attached to an aromatic ring is 1. The molecule has 0 fully saturated rings. The Balaban J connectivity index is 2.99. The molecule has 1 rings (SSSR count). The van der Waals surface area contributed by atoms with Crippen LogP contribution in [0.25, 0.3) is 0 Å². The average Bonchev–Trinajstić information content (AvgIpc) is 2.15. The van der Waals surface area contributed by atoms with Crippen molar-refractivity contribution in [1.29, 1.82) is 0 Å². The molecular formula is C10H17N3O. The van der Waals surface area contributed by atoms with Crippen molar-refractivity contribution in [2.75, 3.05) is 12.8 Å². The normalized spacial score (nSPS) is 10.2. The van der Waals surface area contributed by atoms with E-state index in [1.807, 2.05) is 6.92 Å². The monoisotopic (exact) mass is 195 g/mol. The van der Waals surface area contributed by atoms with Crippen LogP contribution in [0.15, 0.2) is 0 Å². The Labute approximate surface area is 84.5 Å². The van der Waals surface area contributed by atoms with Crippen LogP contribution in [-0.2, 0) is 6.42 Å². The molecule has 0 saturated carbocycles. The van der Waals surface area contributed by atoms with E-state index in [-0.39, 0.29) is 5.95 Å². The fourth-order valence-electron chi connectivity index (χ4n) is 1.40. The second kappa shape index (κ2) is 4.79. The summed E-state index contributed by atoms with van der Waals surface area (Å²) in [5.74, 6) is 0.892. The fraction of sp³-hybridized carbons (Fsp3) is 0.600. The Morgan fingerprint density at radius 2 is 2.07 bits per heavy atom. The number of rotatable bonds is 4. The standard InChI is InChI=1S/C10H17N3O/c1-4-5-6-8-7(2)12-10(11)13-9(8)14-3/h4-6H2,1-3H3,(H2,11,12,13). The van der Waals surface area contributed by atoms with Gasteiger partial charge in [-0.3, -0.25) is 0 Å². The van der Waals surface area contributed by atoms with E-state index in [2.05, 4.69) is 16.9 Å². The van der Waals surface area contributed by atoms with Crippen molar-refractivity contribution in [3.05, 3.63) is 11.3 Å². The van der Waals surface area contributed by atoms with Gasteiger partial charge in [0.05, 0.1) is 7.11 Å². The first-order chi connectivity index (χ1) is 6.69. The first kappa shape index (κ1) is 10.8. The molecule has 0 aromatic carbocycles. The molecule has 0 unspecified atom stereocenters. The molecule has 14 heavy (non-hydrogen) atoms. The number of unbranched alkanes of at least 4 members (excludes halogenated alkanes) is 1. The van der Waals surface area contributed by atoms with Crippen molar-refractivity contribution < 1.29 is 4.74 Å². The maximum atomic E-state index is 5.53. The maximum Gasteiger partial charge on any atom is 0.223 e. The summed E-state index contributed by atoms with van der Waals surface area (Å²) in [5.41, 5.74) is 7.52. The van der Waals surface area contributed by atoms with Crippen LogP contribution in [-0.4, -0.2) is 17.1 Å². The molecule has 0 aliphatic heterocycles. The molecule has 4 heteroatoms. The molecule has 0 aliphatic carbocycles. The van der Waals surface area contributed by atoms with Crippen LogP contribution in [0.1, 0.15) is 31.0 Å². The third-order valence-electron chi connectivity index (χ3n) is 2.17. The minimum atomic E-state index is 0.277. The van der Waals surface area contributed by atoms with E-state index < -0.39 is 0 Å². The molecule has 1 aromatic heterocycles. The van der Waals surface area contributed by atoms with E-state index >= 15 is 0 Å². The van der Waals surface area contributed by atoms with Crippen LogP contribution >= 0.6 is 0 Å². The highest BCUT2D eigenvalue weighted by Crippen LogP contribution is 2.21. The summed E-state index contributed by atoms with van der Waals surface area (Å²) in [6.45, 7) is 4.09. The van der Waals surface area contributed by atoms with Crippen LogP contribution in [0, 0.1) is 6.92 Å². The van der Waals surface area contributed by atoms with Crippen molar-refractivity contribution in [1.82, 2.24) is 9.97 Å². The number of hydrogen-bond acceptors (Lipinski definition) is 4. The van der Waals surface area contributed by atoms with E-state index in [9.17, 15) is 0 Å². The summed E-state index contributed by atoms with van der Waals surface area (Å²) in [7, 11) is 1.61. The minimum absolute atomic E-state index is 0.277. The van der Waals surface area contributed by atoms with Crippen LogP contribution in [0.3, 0.4) is 0 Å². The fourth-order valence-corrected chi connectivity index (χ4v) is 1.40. The number of nitrogens with two attached hydrogens (primary N) is 1. The van der Waals surface area contributed by atoms with Crippen LogP contribution in [0.5, 0.6) is 5.88 Å². The predicted octanol–water partition coefficient (Wildman–Crippen LogP) is 1.72. The van der Waals surface area contributed by atoms with E-state index in [1.165, 1.54) is 0 Å². The lowest BCUT2D eigenvalue weighted by atomic mass is 10.1. The third kappa shape index (κ3) is 2.34. The molecule has 0 amide bonds. The lowest BCUT2D eigenvalue weighted by Crippen LogP contribution is -2.05. The molecule has 0 saturated heterocycles. The zero-order valence-electron chi connectivity index (χ0n) is 9.00. The van der Waals surface area contributed by atoms with Gasteiger partial charge in [0.15, 0.2) is 0 Å². The number of aryl methyl sites for hydroxylation is 1. The van der Waals surface area contributed by atoms with E-state index in [0.29, 0.717) is 5.88 Å². The molecule has 4 nitrogen and oxygen atoms in total. The van der Waals surface area contributed by atoms with Gasteiger partial charge >= 0.3 is 0 Å². The van der Waals surface area contributed by atoms with Gasteiger partial charge in [0.25, 0.3) is 0 Å². The lowest BCUT2D eigenvalue weighted by Gasteiger charge is -2.09. The van der Waals surface area contributed by atoms with Gasteiger partial charge in [-0.1, -0.05) is 13.3 Å². The quantitative estimate of drug-likeness (QED) is 0.794. The summed E-state index contributed by atoms with van der Waals surface area (Å²) in [4.78, 5) is 8.17. The smallest absolute Gasteiger partial charge is 0.223 e. The van der Waals surface area contributed by atoms with Gasteiger partial charge in [0, 0.05) is 11.3 Å². The second-order valence-corrected chi connectivity index (χ2v) is 3.26. The Morgan fingerprint density at radius 3 is 2.64 bits per heavy atom. The summed E-state index contributed by atoms with van der Waals surface area (Å²) < 4.78 is 5.17. The van der Waals surface area contributed by atoms with Crippen molar-refractivity contribution in [2.24, 2.45) is 0 Å². The van der Waals surface area contributed by atoms with E-state index in [1.54, 1.807) is 7.11 Å². The van der Waals surface area contributed by atoms with Crippen molar-refractivity contribution >= 4 is 5.95 Å². The van der Waals surface area contributed by atoms with Crippen molar-refractivity contribution in [3.8, 4) is 5.88 Å². The Bertz CT molecular complexity index is 312. The number of aromatic nitrogens is 2. The molecule has 1 heterocycles. The summed E-state index contributed by atoms with van der Waals surface area (Å²) in [5, 5.41) is 0. The Hall–Kier alpha value is -1.32. The van der Waals surface area contributed by atoms with Gasteiger partial charge in [0.2, 0.25) is 11.8 Å². The van der Waals surface area contributed by atoms with Gasteiger partial charge in [0.1, 0.15) is 0 Å². The van der Waals surface area contributed by atoms with Crippen LogP contribution in [0.2, 0.25) is 0 Å². The van der Waals surface area contributed by atoms with E-state index in [0.717, 1.165) is 30.5 Å². The van der Waals surface area contributed by atoms with Crippen molar-refractivity contribution in [3.63, 3.8) is 0 Å². The van der Waals surface area contributed by atoms with Crippen LogP contribution < -0.4 is 10.5 Å². The van der Waals surface area contributed by atoms with Gasteiger partial charge < -0.3 is 10.5 Å². The lowest BCUT2D eigenvalue weighted by molar-refractivity contribution is 0.390. The highest BCUT2D eigenvalue weighted by atomic mass is 16.5. The van der Waals surface area contributed by atoms with Gasteiger partial charge in [-0.2, -0.15) is 4.98 Å². The number of anilines is 1. The summed E-state index contributed by atoms with van der Waals surface area (Å²) in [6, 6.07) is 0. The highest BCUT2D eigenvalue weighted by molar-refractivity contribution is 5.35. The zero-order chi connectivity index (χ0) is 10.6. The number of nitrogens with zero attached hydrogens (tertiary/aromatic N) is 2. The maximum absolute atomic E-state index is 5.53. The van der Waals surface area contributed by atoms with Gasteiger partial charge in [-0.05, 0) is 19.8 Å². The number of methoxy groups -OCH3 is 1. The molecular weight excluding hydrogens is 178 g/mol. The molecule has 0 bridgehead atoms. The first-order valence-electron chi connectivity index (χ1n) is 4.86. The van der Waals surface area contributed by atoms with Crippen LogP contribution in [0.4, 0.5) is 5.95 Å². The predicted molar refractivity (Wildman–Crippen MR) is 56.3 cm³/mol. The van der Waals surface area contributed by atoms with Gasteiger partial charge in [-0.25, -0.2) is 4.98 Å². The highest BCUT2D eigenvalue weighted by Gasteiger charge is 2.09. The van der Waals surface area contributed by atoms with Crippen molar-refractivity contribution in [2.45, 2.75) is 33.1 Å². The summed E-state index contributed by atoms with van der Waals surface area (Å²) >= 11 is 0. The second-order valence-electron chi connectivity index (χ2n) is 3.26. The third-order valence-corrected chi connectivity index (χ3v) is 2.17. The van der Waals surface area contributed by atoms with E-state index in [4.69, 9.17) is 10.5 Å². The minimum Gasteiger partial charge on any atom is -0.481 e. The molecule has 78 valence electrons. The average molecular weight is 195 g/mol. The van der Waals surface area contributed by atoms with Gasteiger partial charge in [-0.15, -0.1) is 0 Å².